The van der Waals surface area contributed by atoms with Crippen LogP contribution in [0.5, 0.6) is 0 Å². The van der Waals surface area contributed by atoms with Crippen LogP contribution in [0.4, 0.5) is 0 Å². The standard InChI is InChI=1S/C18H37.2C7H6O2.H2O.Zn/c1-3-5-7-9-11-13-15-17-18-16-14-12-10-8-6-4-2;2*8-7(9)6-4-2-1-3-5-6;;/h1,3-18H2,2H3;2*1-5H,(H,8,9);1H2;. The molecule has 0 amide bonds. The quantitative estimate of drug-likeness (QED) is 0.135. The van der Waals surface area contributed by atoms with Gasteiger partial charge in [0.2, 0.25) is 0 Å². The van der Waals surface area contributed by atoms with Gasteiger partial charge < -0.3 is 15.7 Å². The van der Waals surface area contributed by atoms with E-state index in [0.717, 1.165) is 0 Å². The fourth-order valence-electron chi connectivity index (χ4n) is 3.89. The minimum Gasteiger partial charge on any atom is -0.478 e. The van der Waals surface area contributed by atoms with Gasteiger partial charge in [0.1, 0.15) is 0 Å². The molecule has 0 saturated heterocycles. The first-order valence-electron chi connectivity index (χ1n) is 14.4. The molecule has 0 aliphatic rings. The molecule has 0 spiro atoms. The molecule has 0 aliphatic heterocycles. The summed E-state index contributed by atoms with van der Waals surface area (Å²) in [4.78, 5) is 20.4. The number of carboxylic acid groups (broad SMARTS) is 2. The monoisotopic (exact) mass is 579 g/mol. The second-order valence-electron chi connectivity index (χ2n) is 9.50. The Morgan fingerprint density at radius 2 is 0.789 bits per heavy atom. The molecule has 2 rings (SSSR count). The Bertz CT molecular complexity index is 702. The van der Waals surface area contributed by atoms with Gasteiger partial charge in [-0.25, -0.2) is 9.59 Å². The van der Waals surface area contributed by atoms with Crippen molar-refractivity contribution in [2.75, 3.05) is 0 Å². The summed E-state index contributed by atoms with van der Waals surface area (Å²) in [5, 5.41) is 18.3. The molecular formula is C32H51O5Zn. The van der Waals surface area contributed by atoms with Crippen molar-refractivity contribution in [1.29, 1.82) is 0 Å². The Morgan fingerprint density at radius 1 is 0.526 bits per heavy atom. The molecule has 211 valence electrons. The summed E-state index contributed by atoms with van der Waals surface area (Å²) in [6, 6.07) is 16.6. The van der Waals surface area contributed by atoms with E-state index in [1.165, 1.54) is 126 Å². The van der Waals surface area contributed by atoms with Crippen LogP contribution < -0.4 is 0 Å². The predicted molar refractivity (Wildman–Crippen MR) is 155 cm³/mol. The molecule has 0 aromatic heterocycles. The Kier molecular flexibility index (Phi) is 29.6. The zero-order chi connectivity index (χ0) is 27.4. The molecular weight excluding hydrogens is 530 g/mol. The van der Waals surface area contributed by atoms with Gasteiger partial charge in [0.15, 0.2) is 0 Å². The number of carboxylic acids is 2. The van der Waals surface area contributed by atoms with Gasteiger partial charge >= 0.3 is 106 Å². The van der Waals surface area contributed by atoms with Crippen molar-refractivity contribution in [2.45, 2.75) is 115 Å². The van der Waals surface area contributed by atoms with E-state index < -0.39 is 11.9 Å². The second kappa shape index (κ2) is 29.5. The first kappa shape index (κ1) is 38.1. The predicted octanol–water partition coefficient (Wildman–Crippen LogP) is 9.16. The summed E-state index contributed by atoms with van der Waals surface area (Å²) < 4.78 is 0. The SMILES string of the molecule is CCCCCCCCCCCCCCCCC[CH2][Zn].O.O=C(O)c1ccccc1.O=C(O)c1ccccc1. The molecule has 6 heteroatoms. The van der Waals surface area contributed by atoms with E-state index in [2.05, 4.69) is 6.92 Å². The van der Waals surface area contributed by atoms with Gasteiger partial charge in [-0.2, -0.15) is 0 Å². The van der Waals surface area contributed by atoms with Gasteiger partial charge in [0.05, 0.1) is 11.1 Å². The molecule has 0 unspecified atom stereocenters. The van der Waals surface area contributed by atoms with Crippen LogP contribution in [-0.2, 0) is 18.3 Å². The maximum Gasteiger partial charge on any atom is 0.335 e. The summed E-state index contributed by atoms with van der Waals surface area (Å²) in [5.74, 6) is -1.76. The zero-order valence-electron chi connectivity index (χ0n) is 23.7. The van der Waals surface area contributed by atoms with Crippen molar-refractivity contribution in [3.8, 4) is 0 Å². The summed E-state index contributed by atoms with van der Waals surface area (Å²) in [7, 11) is 0. The fourth-order valence-corrected chi connectivity index (χ4v) is 4.63. The van der Waals surface area contributed by atoms with Crippen molar-refractivity contribution in [2.24, 2.45) is 0 Å². The number of hydrogen-bond donors (Lipinski definition) is 2. The Labute approximate surface area is 241 Å². The summed E-state index contributed by atoms with van der Waals surface area (Å²) >= 11 is 1.50. The topological polar surface area (TPSA) is 106 Å². The molecule has 2 aromatic rings. The first-order valence-corrected chi connectivity index (χ1v) is 16.5. The van der Waals surface area contributed by atoms with Gasteiger partial charge in [0.25, 0.3) is 0 Å². The molecule has 0 fully saturated rings. The molecule has 5 nitrogen and oxygen atoms in total. The largest absolute Gasteiger partial charge is 0.478 e. The third-order valence-corrected chi connectivity index (χ3v) is 7.19. The molecule has 2 aromatic carbocycles. The summed E-state index contributed by atoms with van der Waals surface area (Å²) in [5.41, 5.74) is 0.662. The fraction of sp³-hybridized carbons (Fsp3) is 0.562. The second-order valence-corrected chi connectivity index (χ2v) is 11.0. The third kappa shape index (κ3) is 25.6. The number of unbranched alkanes of at least 4 members (excludes halogenated alkanes) is 15. The van der Waals surface area contributed by atoms with Crippen LogP contribution in [0, 0.1) is 0 Å². The summed E-state index contributed by atoms with van der Waals surface area (Å²) in [6.45, 7) is 2.30. The van der Waals surface area contributed by atoms with Crippen LogP contribution in [0.3, 0.4) is 0 Å². The Morgan fingerprint density at radius 3 is 1.00 bits per heavy atom. The molecule has 0 bridgehead atoms. The number of aromatic carboxylic acids is 2. The van der Waals surface area contributed by atoms with Crippen molar-refractivity contribution >= 4 is 11.9 Å². The van der Waals surface area contributed by atoms with Crippen LogP contribution in [0.1, 0.15) is 130 Å². The molecule has 4 N–H and O–H groups in total. The Balaban J connectivity index is 0. The zero-order valence-corrected chi connectivity index (χ0v) is 26.7. The van der Waals surface area contributed by atoms with Crippen molar-refractivity contribution in [3.05, 3.63) is 71.8 Å². The number of hydrogen-bond acceptors (Lipinski definition) is 2. The normalized spacial score (nSPS) is 9.76. The maximum atomic E-state index is 10.2. The molecule has 38 heavy (non-hydrogen) atoms. The van der Waals surface area contributed by atoms with E-state index in [1.54, 1.807) is 60.7 Å². The van der Waals surface area contributed by atoms with E-state index in [-0.39, 0.29) is 5.48 Å². The van der Waals surface area contributed by atoms with Crippen LogP contribution in [0.25, 0.3) is 0 Å². The molecule has 0 aliphatic carbocycles. The average Bonchev–Trinajstić information content (AvgIpc) is 2.92. The van der Waals surface area contributed by atoms with Crippen molar-refractivity contribution in [3.63, 3.8) is 0 Å². The van der Waals surface area contributed by atoms with Crippen LogP contribution in [0.2, 0.25) is 5.02 Å². The Hall–Kier alpha value is -2.04. The van der Waals surface area contributed by atoms with Crippen molar-refractivity contribution in [1.82, 2.24) is 0 Å². The molecule has 0 radical (unpaired) electrons. The molecule has 0 atom stereocenters. The first-order chi connectivity index (χ1) is 18.0. The maximum absolute atomic E-state index is 10.2. The van der Waals surface area contributed by atoms with E-state index >= 15 is 0 Å². The number of benzene rings is 2. The van der Waals surface area contributed by atoms with Crippen LogP contribution in [-0.4, -0.2) is 27.6 Å². The van der Waals surface area contributed by atoms with Crippen LogP contribution in [0.15, 0.2) is 60.7 Å². The number of rotatable bonds is 18. The van der Waals surface area contributed by atoms with Crippen LogP contribution >= 0.6 is 0 Å². The minimum absolute atomic E-state index is 0. The van der Waals surface area contributed by atoms with Gasteiger partial charge in [-0.15, -0.1) is 0 Å². The van der Waals surface area contributed by atoms with Gasteiger partial charge in [-0.05, 0) is 24.3 Å². The van der Waals surface area contributed by atoms with Gasteiger partial charge in [-0.1, -0.05) is 75.4 Å². The van der Waals surface area contributed by atoms with E-state index in [9.17, 15) is 9.59 Å². The summed E-state index contributed by atoms with van der Waals surface area (Å²) in [6.07, 6.45) is 23.7. The van der Waals surface area contributed by atoms with Crippen molar-refractivity contribution < 1.29 is 43.6 Å². The molecule has 0 heterocycles. The van der Waals surface area contributed by atoms with Gasteiger partial charge in [0, 0.05) is 0 Å². The third-order valence-electron chi connectivity index (χ3n) is 6.15. The minimum atomic E-state index is -0.879. The molecule has 0 saturated carbocycles. The van der Waals surface area contributed by atoms with E-state index in [1.807, 2.05) is 0 Å². The van der Waals surface area contributed by atoms with E-state index in [4.69, 9.17) is 10.2 Å². The average molecular weight is 581 g/mol. The number of carbonyl (C=O) groups is 2. The smallest absolute Gasteiger partial charge is 0.335 e. The van der Waals surface area contributed by atoms with E-state index in [0.29, 0.717) is 11.1 Å². The van der Waals surface area contributed by atoms with Gasteiger partial charge in [-0.3, -0.25) is 0 Å².